The number of alkyl halides is 3. The molecule has 0 bridgehead atoms. The summed E-state index contributed by atoms with van der Waals surface area (Å²) in [5.74, 6) is 0. The van der Waals surface area contributed by atoms with Crippen LogP contribution in [0.25, 0.3) is 21.8 Å². The maximum atomic E-state index is 14.2. The minimum absolute atomic E-state index is 0.123. The van der Waals surface area contributed by atoms with Crippen LogP contribution in [0.15, 0.2) is 53.6 Å². The number of sulfonamides is 1. The summed E-state index contributed by atoms with van der Waals surface area (Å²) in [4.78, 5) is 4.12. The van der Waals surface area contributed by atoms with Gasteiger partial charge in [-0.3, -0.25) is 4.98 Å². The lowest BCUT2D eigenvalue weighted by molar-refractivity contribution is -0.153. The molecule has 1 unspecified atom stereocenters. The van der Waals surface area contributed by atoms with Crippen LogP contribution in [0.1, 0.15) is 22.4 Å². The highest BCUT2D eigenvalue weighted by Gasteiger charge is 2.43. The number of para-hydroxylation sites is 1. The van der Waals surface area contributed by atoms with Crippen LogP contribution in [-0.4, -0.2) is 30.2 Å². The monoisotopic (exact) mass is 475 g/mol. The van der Waals surface area contributed by atoms with Crippen molar-refractivity contribution in [1.29, 1.82) is 0 Å². The Morgan fingerprint density at radius 1 is 1.00 bits per heavy atom. The molecule has 0 saturated carbocycles. The average Bonchev–Trinajstić information content (AvgIpc) is 3.01. The highest BCUT2D eigenvalue weighted by molar-refractivity contribution is 7.89. The fourth-order valence-electron chi connectivity index (χ4n) is 4.59. The minimum atomic E-state index is -4.81. The van der Waals surface area contributed by atoms with Gasteiger partial charge in [-0.1, -0.05) is 35.9 Å². The normalized spacial score (nSPS) is 13.7. The predicted octanol–water partition coefficient (Wildman–Crippen LogP) is 5.33. The Kier molecular flexibility index (Phi) is 5.74. The lowest BCUT2D eigenvalue weighted by Crippen LogP contribution is -2.48. The molecule has 9 heteroatoms. The fraction of sp³-hybridized carbons (Fsp3) is 0.292. The first-order valence-electron chi connectivity index (χ1n) is 10.4. The molecule has 5 nitrogen and oxygen atoms in total. The fourth-order valence-corrected chi connectivity index (χ4v) is 6.26. The molecular formula is C24H24F3N3O2S. The summed E-state index contributed by atoms with van der Waals surface area (Å²) in [6.45, 7) is 6.08. The quantitative estimate of drug-likeness (QED) is 0.424. The maximum Gasteiger partial charge on any atom is 0.406 e. The SMILES string of the molecule is Cc1cc(C)c(S(=O)(=O)NC(Cn2c3ccccc3c3ccnc(C)c32)C(F)(F)F)c(C)c1. The van der Waals surface area contributed by atoms with Crippen molar-refractivity contribution in [3.8, 4) is 0 Å². The zero-order chi connectivity index (χ0) is 24.1. The van der Waals surface area contributed by atoms with Gasteiger partial charge in [-0.15, -0.1) is 0 Å². The van der Waals surface area contributed by atoms with Crippen molar-refractivity contribution in [2.45, 2.75) is 51.4 Å². The molecule has 0 amide bonds. The zero-order valence-corrected chi connectivity index (χ0v) is 19.5. The summed E-state index contributed by atoms with van der Waals surface area (Å²) >= 11 is 0. The molecule has 4 rings (SSSR count). The Labute approximate surface area is 190 Å². The molecule has 0 aliphatic carbocycles. The number of aromatic nitrogens is 2. The molecular weight excluding hydrogens is 451 g/mol. The van der Waals surface area contributed by atoms with Crippen LogP contribution in [0.4, 0.5) is 13.2 Å². The van der Waals surface area contributed by atoms with E-state index in [0.717, 1.165) is 16.3 Å². The molecule has 0 aliphatic heterocycles. The van der Waals surface area contributed by atoms with Crippen molar-refractivity contribution < 1.29 is 21.6 Å². The number of nitrogens with one attached hydrogen (secondary N) is 1. The van der Waals surface area contributed by atoms with E-state index in [1.807, 2.05) is 16.9 Å². The first-order chi connectivity index (χ1) is 15.4. The highest BCUT2D eigenvalue weighted by Crippen LogP contribution is 2.33. The van der Waals surface area contributed by atoms with Crippen LogP contribution < -0.4 is 4.72 Å². The lowest BCUT2D eigenvalue weighted by Gasteiger charge is -2.24. The standard InChI is InChI=1S/C24H24F3N3O2S/c1-14-11-15(2)23(16(3)12-14)33(31,32)29-21(24(25,26)27)13-30-20-8-6-5-7-18(20)19-9-10-28-17(4)22(19)30/h5-12,21,29H,13H2,1-4H3. The van der Waals surface area contributed by atoms with Crippen LogP contribution in [-0.2, 0) is 16.6 Å². The first-order valence-corrected chi connectivity index (χ1v) is 11.9. The predicted molar refractivity (Wildman–Crippen MR) is 123 cm³/mol. The molecule has 0 saturated heterocycles. The van der Waals surface area contributed by atoms with Crippen molar-refractivity contribution in [3.63, 3.8) is 0 Å². The Morgan fingerprint density at radius 3 is 2.27 bits per heavy atom. The number of nitrogens with zero attached hydrogens (tertiary/aromatic N) is 2. The number of aryl methyl sites for hydroxylation is 4. The summed E-state index contributed by atoms with van der Waals surface area (Å²) in [7, 11) is -4.44. The minimum Gasteiger partial charge on any atom is -0.337 e. The average molecular weight is 476 g/mol. The third-order valence-electron chi connectivity index (χ3n) is 5.79. The lowest BCUT2D eigenvalue weighted by atomic mass is 10.1. The van der Waals surface area contributed by atoms with E-state index in [4.69, 9.17) is 0 Å². The number of hydrogen-bond acceptors (Lipinski definition) is 3. The van der Waals surface area contributed by atoms with Crippen LogP contribution in [0.2, 0.25) is 0 Å². The third kappa shape index (κ3) is 4.22. The molecule has 33 heavy (non-hydrogen) atoms. The number of pyridine rings is 1. The number of hydrogen-bond donors (Lipinski definition) is 1. The summed E-state index contributed by atoms with van der Waals surface area (Å²) < 4.78 is 72.2. The number of fused-ring (bicyclic) bond motifs is 3. The maximum absolute atomic E-state index is 14.2. The van der Waals surface area contributed by atoms with Crippen molar-refractivity contribution in [2.24, 2.45) is 0 Å². The van der Waals surface area contributed by atoms with Crippen LogP contribution >= 0.6 is 0 Å². The summed E-state index contributed by atoms with van der Waals surface area (Å²) in [5.41, 5.74) is 3.34. The molecule has 2 aromatic carbocycles. The van der Waals surface area contributed by atoms with Crippen LogP contribution in [0.3, 0.4) is 0 Å². The Morgan fingerprint density at radius 2 is 1.64 bits per heavy atom. The van der Waals surface area contributed by atoms with Crippen molar-refractivity contribution in [2.75, 3.05) is 0 Å². The molecule has 0 spiro atoms. The van der Waals surface area contributed by atoms with E-state index >= 15 is 0 Å². The molecule has 0 radical (unpaired) electrons. The Hall–Kier alpha value is -2.91. The van der Waals surface area contributed by atoms with Crippen LogP contribution in [0, 0.1) is 27.7 Å². The van der Waals surface area contributed by atoms with Crippen molar-refractivity contribution in [3.05, 3.63) is 71.0 Å². The molecule has 1 atom stereocenters. The van der Waals surface area contributed by atoms with Gasteiger partial charge in [0.2, 0.25) is 10.0 Å². The first kappa shape index (κ1) is 23.3. The molecule has 2 aromatic heterocycles. The van der Waals surface area contributed by atoms with Crippen molar-refractivity contribution >= 4 is 31.8 Å². The van der Waals surface area contributed by atoms with Gasteiger partial charge >= 0.3 is 6.18 Å². The number of benzene rings is 2. The van der Waals surface area contributed by atoms with Gasteiger partial charge in [0.25, 0.3) is 0 Å². The van der Waals surface area contributed by atoms with E-state index in [1.54, 1.807) is 64.2 Å². The van der Waals surface area contributed by atoms with Gasteiger partial charge in [-0.25, -0.2) is 8.42 Å². The summed E-state index contributed by atoms with van der Waals surface area (Å²) in [6.07, 6.45) is -3.20. The van der Waals surface area contributed by atoms with E-state index in [2.05, 4.69) is 4.98 Å². The Balaban J connectivity index is 1.84. The number of rotatable bonds is 5. The molecule has 4 aromatic rings. The topological polar surface area (TPSA) is 64.0 Å². The van der Waals surface area contributed by atoms with Gasteiger partial charge in [-0.05, 0) is 51.0 Å². The number of halogens is 3. The molecule has 174 valence electrons. The zero-order valence-electron chi connectivity index (χ0n) is 18.7. The molecule has 0 aliphatic rings. The molecule has 0 fully saturated rings. The molecule has 1 N–H and O–H groups in total. The largest absolute Gasteiger partial charge is 0.406 e. The van der Waals surface area contributed by atoms with Gasteiger partial charge < -0.3 is 4.57 Å². The van der Waals surface area contributed by atoms with Gasteiger partial charge in [0, 0.05) is 29.0 Å². The highest BCUT2D eigenvalue weighted by atomic mass is 32.2. The van der Waals surface area contributed by atoms with Gasteiger partial charge in [0.05, 0.1) is 16.1 Å². The molecule has 2 heterocycles. The second-order valence-electron chi connectivity index (χ2n) is 8.36. The van der Waals surface area contributed by atoms with E-state index < -0.39 is 28.8 Å². The summed E-state index contributed by atoms with van der Waals surface area (Å²) in [6, 6.07) is 9.83. The van der Waals surface area contributed by atoms with E-state index in [9.17, 15) is 21.6 Å². The van der Waals surface area contributed by atoms with E-state index in [-0.39, 0.29) is 4.90 Å². The van der Waals surface area contributed by atoms with Crippen molar-refractivity contribution in [1.82, 2.24) is 14.3 Å². The van der Waals surface area contributed by atoms with E-state index in [1.165, 1.54) is 4.57 Å². The summed E-state index contributed by atoms with van der Waals surface area (Å²) in [5, 5.41) is 1.55. The van der Waals surface area contributed by atoms with Gasteiger partial charge in [0.1, 0.15) is 6.04 Å². The van der Waals surface area contributed by atoms with Gasteiger partial charge in [-0.2, -0.15) is 17.9 Å². The third-order valence-corrected chi connectivity index (χ3v) is 7.57. The Bertz CT molecular complexity index is 1450. The second-order valence-corrected chi connectivity index (χ2v) is 10.0. The van der Waals surface area contributed by atoms with Crippen LogP contribution in [0.5, 0.6) is 0 Å². The smallest absolute Gasteiger partial charge is 0.337 e. The van der Waals surface area contributed by atoms with E-state index in [0.29, 0.717) is 27.9 Å². The van der Waals surface area contributed by atoms with Gasteiger partial charge in [0.15, 0.2) is 0 Å². The second kappa shape index (κ2) is 8.14.